The molecule has 1 amide bonds. The van der Waals surface area contributed by atoms with Crippen molar-refractivity contribution < 1.29 is 23.1 Å². The van der Waals surface area contributed by atoms with E-state index < -0.39 is 35.0 Å². The molecule has 8 heteroatoms. The second-order valence-electron chi connectivity index (χ2n) is 3.81. The van der Waals surface area contributed by atoms with Crippen LogP contribution in [0.4, 0.5) is 0 Å². The summed E-state index contributed by atoms with van der Waals surface area (Å²) in [5, 5.41) is 10.4. The van der Waals surface area contributed by atoms with Crippen molar-refractivity contribution in [2.24, 2.45) is 0 Å². The Kier molecular flexibility index (Phi) is 5.02. The average molecular weight is 286 g/mol. The van der Waals surface area contributed by atoms with Crippen molar-refractivity contribution in [3.05, 3.63) is 29.8 Å². The van der Waals surface area contributed by atoms with E-state index in [-0.39, 0.29) is 4.90 Å². The lowest BCUT2D eigenvalue weighted by molar-refractivity contribution is -0.137. The van der Waals surface area contributed by atoms with Crippen LogP contribution in [-0.2, 0) is 19.6 Å². The van der Waals surface area contributed by atoms with Gasteiger partial charge in [0, 0.05) is 0 Å². The standard InChI is InChI=1S/C11H14N2O5S/c1-8-3-2-4-9(5-8)19(17,18)13-6-10(14)12-7-11(15)16/h2-5,13H,6-7H2,1H3,(H,12,14)(H,15,16). The minimum absolute atomic E-state index is 0.0542. The first-order valence-corrected chi connectivity index (χ1v) is 6.84. The first-order valence-electron chi connectivity index (χ1n) is 5.36. The first kappa shape index (κ1) is 15.1. The number of nitrogens with one attached hydrogen (secondary N) is 2. The molecule has 0 fully saturated rings. The fourth-order valence-corrected chi connectivity index (χ4v) is 2.35. The van der Waals surface area contributed by atoms with Crippen molar-refractivity contribution in [1.82, 2.24) is 10.0 Å². The van der Waals surface area contributed by atoms with E-state index in [9.17, 15) is 18.0 Å². The summed E-state index contributed by atoms with van der Waals surface area (Å²) in [6.45, 7) is 0.688. The van der Waals surface area contributed by atoms with Crippen molar-refractivity contribution >= 4 is 21.9 Å². The molecule has 0 aliphatic heterocycles. The minimum atomic E-state index is -3.77. The first-order chi connectivity index (χ1) is 8.81. The molecule has 0 aliphatic carbocycles. The Labute approximate surface area is 110 Å². The number of benzene rings is 1. The minimum Gasteiger partial charge on any atom is -0.480 e. The fourth-order valence-electron chi connectivity index (χ4n) is 1.26. The van der Waals surface area contributed by atoms with Gasteiger partial charge in [-0.1, -0.05) is 12.1 Å². The van der Waals surface area contributed by atoms with E-state index in [1.807, 2.05) is 0 Å². The van der Waals surface area contributed by atoms with Gasteiger partial charge < -0.3 is 10.4 Å². The molecule has 104 valence electrons. The lowest BCUT2D eigenvalue weighted by Crippen LogP contribution is -2.38. The van der Waals surface area contributed by atoms with Crippen molar-refractivity contribution in [3.8, 4) is 0 Å². The molecule has 19 heavy (non-hydrogen) atoms. The van der Waals surface area contributed by atoms with Gasteiger partial charge in [0.05, 0.1) is 11.4 Å². The topological polar surface area (TPSA) is 113 Å². The molecule has 0 aromatic heterocycles. The van der Waals surface area contributed by atoms with Gasteiger partial charge in [0.1, 0.15) is 6.54 Å². The molecule has 3 N–H and O–H groups in total. The van der Waals surface area contributed by atoms with E-state index in [0.717, 1.165) is 5.56 Å². The van der Waals surface area contributed by atoms with E-state index in [1.165, 1.54) is 12.1 Å². The second kappa shape index (κ2) is 6.30. The zero-order valence-corrected chi connectivity index (χ0v) is 11.0. The monoisotopic (exact) mass is 286 g/mol. The molecule has 0 heterocycles. The highest BCUT2D eigenvalue weighted by atomic mass is 32.2. The molecule has 0 bridgehead atoms. The van der Waals surface area contributed by atoms with Gasteiger partial charge in [-0.05, 0) is 24.6 Å². The van der Waals surface area contributed by atoms with E-state index in [4.69, 9.17) is 5.11 Å². The van der Waals surface area contributed by atoms with Gasteiger partial charge in [0.15, 0.2) is 0 Å². The van der Waals surface area contributed by atoms with Gasteiger partial charge in [-0.2, -0.15) is 0 Å². The molecule has 0 unspecified atom stereocenters. The van der Waals surface area contributed by atoms with Crippen molar-refractivity contribution in [1.29, 1.82) is 0 Å². The number of hydrogen-bond acceptors (Lipinski definition) is 4. The number of hydrogen-bond donors (Lipinski definition) is 3. The third-order valence-electron chi connectivity index (χ3n) is 2.16. The van der Waals surface area contributed by atoms with Crippen LogP contribution in [0.25, 0.3) is 0 Å². The number of carboxylic acids is 1. The molecular weight excluding hydrogens is 272 g/mol. The van der Waals surface area contributed by atoms with Gasteiger partial charge in [0.2, 0.25) is 15.9 Å². The molecule has 0 spiro atoms. The molecule has 0 atom stereocenters. The second-order valence-corrected chi connectivity index (χ2v) is 5.58. The summed E-state index contributed by atoms with van der Waals surface area (Å²) in [4.78, 5) is 21.5. The molecule has 0 aliphatic rings. The van der Waals surface area contributed by atoms with Crippen molar-refractivity contribution in [2.45, 2.75) is 11.8 Å². The van der Waals surface area contributed by atoms with Gasteiger partial charge in [0.25, 0.3) is 0 Å². The van der Waals surface area contributed by atoms with Crippen molar-refractivity contribution in [2.75, 3.05) is 13.1 Å². The van der Waals surface area contributed by atoms with Crippen LogP contribution in [0, 0.1) is 6.92 Å². The number of aryl methyl sites for hydroxylation is 1. The molecule has 1 aromatic carbocycles. The zero-order valence-electron chi connectivity index (χ0n) is 10.2. The van der Waals surface area contributed by atoms with Crippen LogP contribution in [0.3, 0.4) is 0 Å². The number of sulfonamides is 1. The third kappa shape index (κ3) is 5.06. The lowest BCUT2D eigenvalue weighted by Gasteiger charge is -2.07. The molecular formula is C11H14N2O5S. The largest absolute Gasteiger partial charge is 0.480 e. The summed E-state index contributed by atoms with van der Waals surface area (Å²) in [6.07, 6.45) is 0. The number of rotatable bonds is 6. The zero-order chi connectivity index (χ0) is 14.5. The molecule has 1 aromatic rings. The molecule has 7 nitrogen and oxygen atoms in total. The highest BCUT2D eigenvalue weighted by Gasteiger charge is 2.15. The molecule has 0 saturated heterocycles. The van der Waals surface area contributed by atoms with E-state index in [1.54, 1.807) is 19.1 Å². The molecule has 0 radical (unpaired) electrons. The lowest BCUT2D eigenvalue weighted by atomic mass is 10.2. The summed E-state index contributed by atoms with van der Waals surface area (Å²) >= 11 is 0. The van der Waals surface area contributed by atoms with Crippen molar-refractivity contribution in [3.63, 3.8) is 0 Å². The van der Waals surface area contributed by atoms with Crippen LogP contribution < -0.4 is 10.0 Å². The normalized spacial score (nSPS) is 11.0. The number of amides is 1. The van der Waals surface area contributed by atoms with Crippen LogP contribution in [0.15, 0.2) is 29.2 Å². The third-order valence-corrected chi connectivity index (χ3v) is 3.56. The maximum Gasteiger partial charge on any atom is 0.322 e. The van der Waals surface area contributed by atoms with E-state index in [0.29, 0.717) is 0 Å². The fraction of sp³-hybridized carbons (Fsp3) is 0.273. The Morgan fingerprint density at radius 2 is 1.95 bits per heavy atom. The van der Waals surface area contributed by atoms with Crippen LogP contribution in [-0.4, -0.2) is 38.5 Å². The number of aliphatic carboxylic acids is 1. The summed E-state index contributed by atoms with van der Waals surface area (Å²) in [5.41, 5.74) is 0.776. The Morgan fingerprint density at radius 1 is 1.26 bits per heavy atom. The summed E-state index contributed by atoms with van der Waals surface area (Å²) in [7, 11) is -3.77. The van der Waals surface area contributed by atoms with Gasteiger partial charge in [-0.3, -0.25) is 9.59 Å². The van der Waals surface area contributed by atoms with Crippen LogP contribution in [0.2, 0.25) is 0 Å². The Morgan fingerprint density at radius 3 is 2.53 bits per heavy atom. The van der Waals surface area contributed by atoms with Gasteiger partial charge >= 0.3 is 5.97 Å². The van der Waals surface area contributed by atoms with Gasteiger partial charge in [-0.25, -0.2) is 13.1 Å². The maximum atomic E-state index is 11.8. The Bertz CT molecular complexity index is 583. The number of carbonyl (C=O) groups is 2. The molecule has 0 saturated carbocycles. The number of carboxylic acid groups (broad SMARTS) is 1. The SMILES string of the molecule is Cc1cccc(S(=O)(=O)NCC(=O)NCC(=O)O)c1. The highest BCUT2D eigenvalue weighted by molar-refractivity contribution is 7.89. The highest BCUT2D eigenvalue weighted by Crippen LogP contribution is 2.10. The maximum absolute atomic E-state index is 11.8. The summed E-state index contributed by atoms with van der Waals surface area (Å²) < 4.78 is 25.7. The average Bonchev–Trinajstić information content (AvgIpc) is 2.34. The van der Waals surface area contributed by atoms with E-state index in [2.05, 4.69) is 10.0 Å². The molecule has 1 rings (SSSR count). The Balaban J connectivity index is 2.61. The quantitative estimate of drug-likeness (QED) is 0.651. The summed E-state index contributed by atoms with van der Waals surface area (Å²) in [6, 6.07) is 6.22. The van der Waals surface area contributed by atoms with Crippen LogP contribution in [0.1, 0.15) is 5.56 Å². The smallest absolute Gasteiger partial charge is 0.322 e. The van der Waals surface area contributed by atoms with Crippen LogP contribution >= 0.6 is 0 Å². The summed E-state index contributed by atoms with van der Waals surface area (Å²) in [5.74, 6) is -1.91. The number of carbonyl (C=O) groups excluding carboxylic acids is 1. The van der Waals surface area contributed by atoms with Crippen LogP contribution in [0.5, 0.6) is 0 Å². The van der Waals surface area contributed by atoms with E-state index >= 15 is 0 Å². The predicted octanol–water partition coefficient (Wildman–Crippen LogP) is -0.526. The predicted molar refractivity (Wildman–Crippen MR) is 67.0 cm³/mol. The Hall–Kier alpha value is -1.93. The van der Waals surface area contributed by atoms with Gasteiger partial charge in [-0.15, -0.1) is 0 Å².